The Hall–Kier alpha value is -1.49. The summed E-state index contributed by atoms with van der Waals surface area (Å²) in [5.41, 5.74) is 0.522. The molecule has 2 aromatic rings. The van der Waals surface area contributed by atoms with Crippen LogP contribution in [0.5, 0.6) is 0 Å². The molecule has 0 aliphatic carbocycles. The first-order chi connectivity index (χ1) is 8.41. The average molecular weight is 275 g/mol. The summed E-state index contributed by atoms with van der Waals surface area (Å²) in [7, 11) is 0. The number of benzene rings is 1. The summed E-state index contributed by atoms with van der Waals surface area (Å²) < 4.78 is 39.7. The molecular formula is C12H10ClF3N2. The molecule has 6 heteroatoms. The summed E-state index contributed by atoms with van der Waals surface area (Å²) in [6.45, 7) is 1.43. The number of alkyl halides is 4. The van der Waals surface area contributed by atoms with Crippen LogP contribution in [0.15, 0.2) is 30.5 Å². The number of aryl methyl sites for hydroxylation is 1. The molecule has 0 fully saturated rings. The normalized spacial score (nSPS) is 11.8. The fourth-order valence-electron chi connectivity index (χ4n) is 1.63. The Bertz CT molecular complexity index is 561. The molecule has 1 heterocycles. The van der Waals surface area contributed by atoms with E-state index in [1.54, 1.807) is 18.3 Å². The third-order valence-corrected chi connectivity index (χ3v) is 2.85. The van der Waals surface area contributed by atoms with Crippen LogP contribution in [-0.2, 0) is 12.1 Å². The van der Waals surface area contributed by atoms with Crippen LogP contribution in [0.1, 0.15) is 16.8 Å². The summed E-state index contributed by atoms with van der Waals surface area (Å²) >= 11 is 5.60. The van der Waals surface area contributed by atoms with Gasteiger partial charge in [0.2, 0.25) is 0 Å². The van der Waals surface area contributed by atoms with Crippen LogP contribution in [0, 0.1) is 6.92 Å². The maximum atomic E-state index is 12.8. The molecule has 0 unspecified atom stereocenters. The Morgan fingerprint density at radius 2 is 2.00 bits per heavy atom. The van der Waals surface area contributed by atoms with E-state index in [2.05, 4.69) is 5.10 Å². The lowest BCUT2D eigenvalue weighted by atomic mass is 10.1. The van der Waals surface area contributed by atoms with Crippen molar-refractivity contribution in [2.45, 2.75) is 19.0 Å². The molecule has 0 saturated carbocycles. The number of hydrogen-bond acceptors (Lipinski definition) is 1. The van der Waals surface area contributed by atoms with E-state index in [0.29, 0.717) is 11.4 Å². The van der Waals surface area contributed by atoms with Gasteiger partial charge in [-0.05, 0) is 30.7 Å². The molecule has 0 spiro atoms. The fraction of sp³-hybridized carbons (Fsp3) is 0.250. The van der Waals surface area contributed by atoms with E-state index in [1.165, 1.54) is 17.7 Å². The zero-order valence-corrected chi connectivity index (χ0v) is 10.3. The quantitative estimate of drug-likeness (QED) is 0.759. The van der Waals surface area contributed by atoms with E-state index in [0.717, 1.165) is 6.07 Å². The third kappa shape index (κ3) is 2.51. The maximum absolute atomic E-state index is 12.8. The summed E-state index contributed by atoms with van der Waals surface area (Å²) in [6.07, 6.45) is -2.77. The number of rotatable bonds is 2. The van der Waals surface area contributed by atoms with E-state index in [-0.39, 0.29) is 11.4 Å². The Balaban J connectivity index is 2.47. The molecular weight excluding hydrogens is 265 g/mol. The lowest BCUT2D eigenvalue weighted by Gasteiger charge is -2.12. The predicted octanol–water partition coefficient (Wildman–Crippen LogP) is 3.94. The van der Waals surface area contributed by atoms with Crippen molar-refractivity contribution >= 4 is 11.6 Å². The molecule has 0 amide bonds. The highest BCUT2D eigenvalue weighted by molar-refractivity contribution is 6.16. The molecule has 0 radical (unpaired) electrons. The molecule has 0 aliphatic rings. The molecule has 1 aromatic heterocycles. The van der Waals surface area contributed by atoms with Gasteiger partial charge >= 0.3 is 6.18 Å². The predicted molar refractivity (Wildman–Crippen MR) is 62.9 cm³/mol. The number of nitrogens with zero attached hydrogens (tertiary/aromatic N) is 2. The molecule has 18 heavy (non-hydrogen) atoms. The van der Waals surface area contributed by atoms with E-state index in [4.69, 9.17) is 11.6 Å². The molecule has 0 bridgehead atoms. The van der Waals surface area contributed by atoms with Crippen LogP contribution in [0.25, 0.3) is 5.69 Å². The van der Waals surface area contributed by atoms with Crippen molar-refractivity contribution in [1.82, 2.24) is 9.78 Å². The van der Waals surface area contributed by atoms with Crippen molar-refractivity contribution in [2.75, 3.05) is 0 Å². The lowest BCUT2D eigenvalue weighted by Crippen LogP contribution is -2.09. The molecule has 0 aliphatic heterocycles. The highest BCUT2D eigenvalue weighted by Gasteiger charge is 2.32. The van der Waals surface area contributed by atoms with Crippen LogP contribution < -0.4 is 0 Å². The zero-order chi connectivity index (χ0) is 13.3. The van der Waals surface area contributed by atoms with Crippen LogP contribution in [0.4, 0.5) is 13.2 Å². The van der Waals surface area contributed by atoms with E-state index < -0.39 is 11.7 Å². The van der Waals surface area contributed by atoms with Crippen molar-refractivity contribution in [3.8, 4) is 5.69 Å². The second-order valence-electron chi connectivity index (χ2n) is 3.88. The van der Waals surface area contributed by atoms with E-state index in [1.807, 2.05) is 0 Å². The van der Waals surface area contributed by atoms with Gasteiger partial charge < -0.3 is 0 Å². The molecule has 0 atom stereocenters. The fourth-order valence-corrected chi connectivity index (χ4v) is 1.78. The average Bonchev–Trinajstić information content (AvgIpc) is 2.76. The van der Waals surface area contributed by atoms with Gasteiger partial charge in [0.1, 0.15) is 0 Å². The summed E-state index contributed by atoms with van der Waals surface area (Å²) in [4.78, 5) is 0. The van der Waals surface area contributed by atoms with E-state index >= 15 is 0 Å². The van der Waals surface area contributed by atoms with Gasteiger partial charge in [0.05, 0.1) is 22.8 Å². The van der Waals surface area contributed by atoms with Crippen LogP contribution in [0.2, 0.25) is 0 Å². The van der Waals surface area contributed by atoms with Gasteiger partial charge in [0.15, 0.2) is 0 Å². The molecule has 96 valence electrons. The van der Waals surface area contributed by atoms with Gasteiger partial charge in [-0.3, -0.25) is 0 Å². The van der Waals surface area contributed by atoms with Crippen LogP contribution >= 0.6 is 11.6 Å². The van der Waals surface area contributed by atoms with Crippen molar-refractivity contribution in [2.24, 2.45) is 0 Å². The Morgan fingerprint density at radius 1 is 1.28 bits per heavy atom. The first-order valence-electron chi connectivity index (χ1n) is 5.20. The molecule has 0 N–H and O–H groups in total. The number of hydrogen-bond donors (Lipinski definition) is 0. The molecule has 1 aromatic carbocycles. The van der Waals surface area contributed by atoms with E-state index in [9.17, 15) is 13.2 Å². The first-order valence-corrected chi connectivity index (χ1v) is 5.74. The minimum atomic E-state index is -4.36. The maximum Gasteiger partial charge on any atom is 0.416 e. The minimum Gasteiger partial charge on any atom is -0.241 e. The number of aromatic nitrogens is 2. The Kier molecular flexibility index (Phi) is 3.34. The van der Waals surface area contributed by atoms with Gasteiger partial charge in [-0.2, -0.15) is 18.3 Å². The second kappa shape index (κ2) is 4.65. The van der Waals surface area contributed by atoms with Gasteiger partial charge in [0, 0.05) is 6.20 Å². The van der Waals surface area contributed by atoms with Crippen LogP contribution in [0.3, 0.4) is 0 Å². The summed E-state index contributed by atoms with van der Waals surface area (Å²) in [5.74, 6) is 0.227. The zero-order valence-electron chi connectivity index (χ0n) is 9.50. The van der Waals surface area contributed by atoms with Crippen molar-refractivity contribution in [3.63, 3.8) is 0 Å². The Morgan fingerprint density at radius 3 is 2.56 bits per heavy atom. The topological polar surface area (TPSA) is 17.8 Å². The lowest BCUT2D eigenvalue weighted by molar-refractivity contribution is -0.138. The highest BCUT2D eigenvalue weighted by Crippen LogP contribution is 2.32. The Labute approximate surface area is 107 Å². The summed E-state index contributed by atoms with van der Waals surface area (Å²) in [5, 5.41) is 4.07. The van der Waals surface area contributed by atoms with Crippen molar-refractivity contribution in [1.29, 1.82) is 0 Å². The second-order valence-corrected chi connectivity index (χ2v) is 4.15. The van der Waals surface area contributed by atoms with Crippen molar-refractivity contribution < 1.29 is 13.2 Å². The van der Waals surface area contributed by atoms with Gasteiger partial charge in [-0.15, -0.1) is 11.6 Å². The molecule has 2 nitrogen and oxygen atoms in total. The summed E-state index contributed by atoms with van der Waals surface area (Å²) in [6, 6.07) is 5.77. The third-order valence-electron chi connectivity index (χ3n) is 2.57. The van der Waals surface area contributed by atoms with Gasteiger partial charge in [0.25, 0.3) is 0 Å². The minimum absolute atomic E-state index is 0.191. The highest BCUT2D eigenvalue weighted by atomic mass is 35.5. The van der Waals surface area contributed by atoms with Gasteiger partial charge in [-0.1, -0.05) is 6.07 Å². The largest absolute Gasteiger partial charge is 0.416 e. The molecule has 0 saturated heterocycles. The smallest absolute Gasteiger partial charge is 0.241 e. The standard InChI is InChI=1S/C12H10ClF3N2/c1-8-2-3-10(6-11(8)12(14,15)16)18-5-4-9(7-13)17-18/h2-6H,7H2,1H3. The number of halogens is 4. The van der Waals surface area contributed by atoms with Crippen molar-refractivity contribution in [3.05, 3.63) is 47.3 Å². The molecule has 2 rings (SSSR count). The SMILES string of the molecule is Cc1ccc(-n2ccc(CCl)n2)cc1C(F)(F)F. The van der Waals surface area contributed by atoms with Gasteiger partial charge in [-0.25, -0.2) is 4.68 Å². The first kappa shape index (κ1) is 13.0. The monoisotopic (exact) mass is 274 g/mol. The van der Waals surface area contributed by atoms with Crippen LogP contribution in [-0.4, -0.2) is 9.78 Å².